The van der Waals surface area contributed by atoms with Crippen LogP contribution in [0.4, 0.5) is 0 Å². The molecule has 0 unspecified atom stereocenters. The van der Waals surface area contributed by atoms with Crippen molar-refractivity contribution in [3.63, 3.8) is 0 Å². The third kappa shape index (κ3) is 1.89. The third-order valence-corrected chi connectivity index (χ3v) is 2.97. The van der Waals surface area contributed by atoms with Crippen LogP contribution in [0.1, 0.15) is 0 Å². The van der Waals surface area contributed by atoms with Gasteiger partial charge in [0.05, 0.1) is 11.9 Å². The molecular formula is C14H10ClN3. The highest BCUT2D eigenvalue weighted by atomic mass is 35.5. The third-order valence-electron chi connectivity index (χ3n) is 2.68. The minimum atomic E-state index is 0.443. The van der Waals surface area contributed by atoms with E-state index in [1.54, 1.807) is 17.1 Å². The van der Waals surface area contributed by atoms with Crippen LogP contribution in [0.5, 0.6) is 0 Å². The average molecular weight is 256 g/mol. The van der Waals surface area contributed by atoms with Crippen LogP contribution in [-0.4, -0.2) is 14.8 Å². The predicted molar refractivity (Wildman–Crippen MR) is 71.8 cm³/mol. The lowest BCUT2D eigenvalue weighted by Crippen LogP contribution is -2.00. The number of benzene rings is 1. The molecule has 0 N–H and O–H groups in total. The normalized spacial score (nSPS) is 10.5. The monoisotopic (exact) mass is 255 g/mol. The zero-order chi connectivity index (χ0) is 12.4. The van der Waals surface area contributed by atoms with Crippen LogP contribution in [0.3, 0.4) is 0 Å². The lowest BCUT2D eigenvalue weighted by Gasteiger charge is -2.08. The van der Waals surface area contributed by atoms with E-state index in [4.69, 9.17) is 11.6 Å². The van der Waals surface area contributed by atoms with E-state index in [2.05, 4.69) is 10.1 Å². The molecule has 0 atom stereocenters. The standard InChI is InChI=1S/C14H10ClN3/c15-14-13(7-4-9-16-14)18-12(8-10-17-18)11-5-2-1-3-6-11/h1-10H. The molecule has 0 saturated heterocycles. The molecule has 0 saturated carbocycles. The van der Waals surface area contributed by atoms with Crippen molar-refractivity contribution in [1.29, 1.82) is 0 Å². The van der Waals surface area contributed by atoms with E-state index in [0.717, 1.165) is 16.9 Å². The first-order chi connectivity index (χ1) is 8.86. The lowest BCUT2D eigenvalue weighted by atomic mass is 10.1. The van der Waals surface area contributed by atoms with Crippen LogP contribution in [0.15, 0.2) is 60.9 Å². The van der Waals surface area contributed by atoms with E-state index >= 15 is 0 Å². The second-order valence-electron chi connectivity index (χ2n) is 3.81. The summed E-state index contributed by atoms with van der Waals surface area (Å²) in [6, 6.07) is 15.8. The van der Waals surface area contributed by atoms with Crippen molar-refractivity contribution in [3.05, 3.63) is 66.1 Å². The second kappa shape index (κ2) is 4.63. The van der Waals surface area contributed by atoms with Gasteiger partial charge in [-0.3, -0.25) is 0 Å². The van der Waals surface area contributed by atoms with Gasteiger partial charge in [-0.2, -0.15) is 5.10 Å². The molecule has 0 fully saturated rings. The van der Waals surface area contributed by atoms with Gasteiger partial charge in [0.2, 0.25) is 0 Å². The minimum absolute atomic E-state index is 0.443. The number of aromatic nitrogens is 3. The van der Waals surface area contributed by atoms with Gasteiger partial charge in [0.25, 0.3) is 0 Å². The first-order valence-electron chi connectivity index (χ1n) is 5.56. The van der Waals surface area contributed by atoms with E-state index in [0.29, 0.717) is 5.15 Å². The number of halogens is 1. The van der Waals surface area contributed by atoms with Crippen molar-refractivity contribution in [3.8, 4) is 16.9 Å². The highest BCUT2D eigenvalue weighted by Crippen LogP contribution is 2.24. The Bertz CT molecular complexity index is 662. The van der Waals surface area contributed by atoms with Crippen LogP contribution >= 0.6 is 11.6 Å². The van der Waals surface area contributed by atoms with Crippen molar-refractivity contribution in [2.24, 2.45) is 0 Å². The van der Waals surface area contributed by atoms with Crippen molar-refractivity contribution < 1.29 is 0 Å². The average Bonchev–Trinajstić information content (AvgIpc) is 2.89. The Morgan fingerprint density at radius 1 is 0.889 bits per heavy atom. The first-order valence-corrected chi connectivity index (χ1v) is 5.94. The molecule has 88 valence electrons. The second-order valence-corrected chi connectivity index (χ2v) is 4.17. The quantitative estimate of drug-likeness (QED) is 0.655. The van der Waals surface area contributed by atoms with Crippen molar-refractivity contribution in [2.75, 3.05) is 0 Å². The molecule has 1 aromatic carbocycles. The fourth-order valence-electron chi connectivity index (χ4n) is 1.86. The zero-order valence-electron chi connectivity index (χ0n) is 9.49. The highest BCUT2D eigenvalue weighted by Gasteiger charge is 2.09. The smallest absolute Gasteiger partial charge is 0.154 e. The molecule has 0 amide bonds. The van der Waals surface area contributed by atoms with Crippen LogP contribution in [0, 0.1) is 0 Å². The molecular weight excluding hydrogens is 246 g/mol. The summed E-state index contributed by atoms with van der Waals surface area (Å²) >= 11 is 6.10. The van der Waals surface area contributed by atoms with Gasteiger partial charge in [0.1, 0.15) is 5.69 Å². The minimum Gasteiger partial charge on any atom is -0.242 e. The van der Waals surface area contributed by atoms with E-state index < -0.39 is 0 Å². The van der Waals surface area contributed by atoms with Gasteiger partial charge in [0, 0.05) is 11.8 Å². The molecule has 0 radical (unpaired) electrons. The van der Waals surface area contributed by atoms with E-state index in [9.17, 15) is 0 Å². The van der Waals surface area contributed by atoms with Gasteiger partial charge in [-0.15, -0.1) is 0 Å². The molecule has 2 aromatic heterocycles. The van der Waals surface area contributed by atoms with Gasteiger partial charge in [0.15, 0.2) is 5.15 Å². The number of hydrogen-bond donors (Lipinski definition) is 0. The van der Waals surface area contributed by atoms with Crippen molar-refractivity contribution in [1.82, 2.24) is 14.8 Å². The Balaban J connectivity index is 2.16. The molecule has 0 aliphatic carbocycles. The summed E-state index contributed by atoms with van der Waals surface area (Å²) in [5, 5.41) is 4.76. The van der Waals surface area contributed by atoms with Crippen molar-refractivity contribution in [2.45, 2.75) is 0 Å². The summed E-state index contributed by atoms with van der Waals surface area (Å²) in [5.74, 6) is 0. The summed E-state index contributed by atoms with van der Waals surface area (Å²) in [4.78, 5) is 4.07. The van der Waals surface area contributed by atoms with Gasteiger partial charge in [-0.25, -0.2) is 9.67 Å². The Morgan fingerprint density at radius 2 is 1.72 bits per heavy atom. The molecule has 18 heavy (non-hydrogen) atoms. The summed E-state index contributed by atoms with van der Waals surface area (Å²) in [6.45, 7) is 0. The van der Waals surface area contributed by atoms with Gasteiger partial charge >= 0.3 is 0 Å². The Kier molecular flexibility index (Phi) is 2.82. The maximum atomic E-state index is 6.10. The molecule has 0 aliphatic rings. The SMILES string of the molecule is Clc1ncccc1-n1nccc1-c1ccccc1. The highest BCUT2D eigenvalue weighted by molar-refractivity contribution is 6.31. The first kappa shape index (κ1) is 11.0. The Morgan fingerprint density at radius 3 is 2.50 bits per heavy atom. The number of pyridine rings is 1. The van der Waals surface area contributed by atoms with Crippen LogP contribution in [0.2, 0.25) is 5.15 Å². The lowest BCUT2D eigenvalue weighted by molar-refractivity contribution is 0.881. The zero-order valence-corrected chi connectivity index (χ0v) is 10.2. The number of hydrogen-bond acceptors (Lipinski definition) is 2. The Hall–Kier alpha value is -2.13. The molecule has 3 nitrogen and oxygen atoms in total. The fourth-order valence-corrected chi connectivity index (χ4v) is 2.06. The topological polar surface area (TPSA) is 30.7 Å². The summed E-state index contributed by atoms with van der Waals surface area (Å²) < 4.78 is 1.80. The summed E-state index contributed by atoms with van der Waals surface area (Å²) in [5.41, 5.74) is 2.86. The van der Waals surface area contributed by atoms with E-state index in [1.807, 2.05) is 48.5 Å². The Labute approximate surface area is 110 Å². The molecule has 4 heteroatoms. The van der Waals surface area contributed by atoms with Gasteiger partial charge < -0.3 is 0 Å². The molecule has 3 aromatic rings. The maximum absolute atomic E-state index is 6.10. The summed E-state index contributed by atoms with van der Waals surface area (Å²) in [7, 11) is 0. The van der Waals surface area contributed by atoms with E-state index in [-0.39, 0.29) is 0 Å². The largest absolute Gasteiger partial charge is 0.242 e. The predicted octanol–water partition coefficient (Wildman–Crippen LogP) is 3.59. The molecule has 0 bridgehead atoms. The molecule has 2 heterocycles. The van der Waals surface area contributed by atoms with Gasteiger partial charge in [-0.05, 0) is 18.2 Å². The summed E-state index contributed by atoms with van der Waals surface area (Å²) in [6.07, 6.45) is 3.42. The van der Waals surface area contributed by atoms with Crippen molar-refractivity contribution >= 4 is 11.6 Å². The van der Waals surface area contributed by atoms with Crippen LogP contribution in [-0.2, 0) is 0 Å². The molecule has 3 rings (SSSR count). The number of rotatable bonds is 2. The van der Waals surface area contributed by atoms with Crippen LogP contribution < -0.4 is 0 Å². The van der Waals surface area contributed by atoms with E-state index in [1.165, 1.54) is 0 Å². The van der Waals surface area contributed by atoms with Gasteiger partial charge in [-0.1, -0.05) is 41.9 Å². The maximum Gasteiger partial charge on any atom is 0.154 e. The molecule has 0 aliphatic heterocycles. The molecule has 0 spiro atoms. The van der Waals surface area contributed by atoms with Crippen LogP contribution in [0.25, 0.3) is 16.9 Å². The fraction of sp³-hybridized carbons (Fsp3) is 0. The number of nitrogens with zero attached hydrogens (tertiary/aromatic N) is 3.